The maximum Gasteiger partial charge on any atom is 0.222 e. The van der Waals surface area contributed by atoms with Gasteiger partial charge >= 0.3 is 0 Å². The molecule has 1 saturated heterocycles. The van der Waals surface area contributed by atoms with E-state index in [0.717, 1.165) is 30.5 Å². The van der Waals surface area contributed by atoms with Crippen molar-refractivity contribution in [1.82, 2.24) is 10.6 Å². The van der Waals surface area contributed by atoms with Crippen molar-refractivity contribution in [3.05, 3.63) is 35.1 Å². The summed E-state index contributed by atoms with van der Waals surface area (Å²) in [4.78, 5) is 11.8. The van der Waals surface area contributed by atoms with Crippen molar-refractivity contribution < 1.29 is 9.18 Å². The van der Waals surface area contributed by atoms with Crippen LogP contribution in [0, 0.1) is 18.7 Å². The van der Waals surface area contributed by atoms with E-state index in [1.807, 2.05) is 26.8 Å². The molecule has 0 radical (unpaired) electrons. The van der Waals surface area contributed by atoms with Crippen LogP contribution >= 0.6 is 0 Å². The Morgan fingerprint density at radius 1 is 1.45 bits per heavy atom. The molecule has 0 aliphatic carbocycles. The van der Waals surface area contributed by atoms with Gasteiger partial charge in [-0.3, -0.25) is 4.79 Å². The van der Waals surface area contributed by atoms with Crippen LogP contribution in [0.1, 0.15) is 43.9 Å². The molecule has 2 atom stereocenters. The Hall–Kier alpha value is -1.42. The minimum absolute atomic E-state index is 0.0101. The molecule has 0 aromatic heterocycles. The number of rotatable bonds is 3. The predicted octanol–water partition coefficient (Wildman–Crippen LogP) is 2.70. The van der Waals surface area contributed by atoms with E-state index in [9.17, 15) is 9.18 Å². The maximum absolute atomic E-state index is 13.2. The summed E-state index contributed by atoms with van der Waals surface area (Å²) in [5.41, 5.74) is 2.08. The zero-order chi connectivity index (χ0) is 14.7. The number of carbonyl (C=O) groups is 1. The van der Waals surface area contributed by atoms with Gasteiger partial charge in [-0.1, -0.05) is 19.9 Å². The van der Waals surface area contributed by atoms with Gasteiger partial charge in [0.1, 0.15) is 5.82 Å². The van der Waals surface area contributed by atoms with E-state index in [2.05, 4.69) is 10.6 Å². The summed E-state index contributed by atoms with van der Waals surface area (Å²) in [6.07, 6.45) is 1.79. The minimum Gasteiger partial charge on any atom is -0.353 e. The normalized spacial score (nSPS) is 22.9. The first-order valence-electron chi connectivity index (χ1n) is 7.27. The lowest BCUT2D eigenvalue weighted by molar-refractivity contribution is -0.124. The second-order valence-electron chi connectivity index (χ2n) is 5.89. The number of hydrogen-bond acceptors (Lipinski definition) is 2. The van der Waals surface area contributed by atoms with Crippen LogP contribution in [0.3, 0.4) is 0 Å². The monoisotopic (exact) mass is 278 g/mol. The summed E-state index contributed by atoms with van der Waals surface area (Å²) < 4.78 is 13.2. The average Bonchev–Trinajstić information content (AvgIpc) is 2.38. The minimum atomic E-state index is -0.202. The molecule has 1 heterocycles. The van der Waals surface area contributed by atoms with E-state index in [0.29, 0.717) is 0 Å². The molecule has 1 aliphatic heterocycles. The summed E-state index contributed by atoms with van der Waals surface area (Å²) in [7, 11) is 0. The van der Waals surface area contributed by atoms with Gasteiger partial charge in [0.05, 0.1) is 0 Å². The van der Waals surface area contributed by atoms with Gasteiger partial charge in [0, 0.05) is 18.0 Å². The molecule has 1 amide bonds. The third kappa shape index (κ3) is 3.57. The van der Waals surface area contributed by atoms with Gasteiger partial charge in [-0.2, -0.15) is 0 Å². The van der Waals surface area contributed by atoms with Crippen molar-refractivity contribution in [2.24, 2.45) is 5.92 Å². The van der Waals surface area contributed by atoms with Gasteiger partial charge in [0.15, 0.2) is 0 Å². The van der Waals surface area contributed by atoms with Crippen LogP contribution in [0.15, 0.2) is 18.2 Å². The van der Waals surface area contributed by atoms with Gasteiger partial charge in [-0.15, -0.1) is 0 Å². The Labute approximate surface area is 120 Å². The van der Waals surface area contributed by atoms with Crippen molar-refractivity contribution in [3.63, 3.8) is 0 Å². The van der Waals surface area contributed by atoms with E-state index in [4.69, 9.17) is 0 Å². The fraction of sp³-hybridized carbons (Fsp3) is 0.562. The molecule has 2 unspecified atom stereocenters. The molecule has 110 valence electrons. The predicted molar refractivity (Wildman–Crippen MR) is 77.9 cm³/mol. The average molecular weight is 278 g/mol. The van der Waals surface area contributed by atoms with Crippen LogP contribution in [0.4, 0.5) is 4.39 Å². The fourth-order valence-electron chi connectivity index (χ4n) is 2.68. The molecule has 3 nitrogen and oxygen atoms in total. The highest BCUT2D eigenvalue weighted by molar-refractivity contribution is 5.78. The van der Waals surface area contributed by atoms with E-state index >= 15 is 0 Å². The largest absolute Gasteiger partial charge is 0.353 e. The molecule has 4 heteroatoms. The molecule has 2 N–H and O–H groups in total. The zero-order valence-electron chi connectivity index (χ0n) is 12.4. The quantitative estimate of drug-likeness (QED) is 0.892. The number of carbonyl (C=O) groups excluding carboxylic acids is 1. The molecule has 0 saturated carbocycles. The molecule has 1 fully saturated rings. The summed E-state index contributed by atoms with van der Waals surface area (Å²) in [6.45, 7) is 6.59. The molecular weight excluding hydrogens is 255 g/mol. The SMILES string of the molecule is Cc1cc(F)ccc1C1CC(NC(=O)C(C)C)CCN1. The lowest BCUT2D eigenvalue weighted by Crippen LogP contribution is -2.45. The third-order valence-electron chi connectivity index (χ3n) is 3.88. The van der Waals surface area contributed by atoms with Gasteiger partial charge in [0.2, 0.25) is 5.91 Å². The summed E-state index contributed by atoms with van der Waals surface area (Å²) in [5, 5.41) is 6.55. The first-order valence-corrected chi connectivity index (χ1v) is 7.27. The van der Waals surface area contributed by atoms with E-state index in [1.54, 1.807) is 6.07 Å². The lowest BCUT2D eigenvalue weighted by Gasteiger charge is -2.32. The molecule has 1 aliphatic rings. The van der Waals surface area contributed by atoms with Crippen molar-refractivity contribution in [1.29, 1.82) is 0 Å². The number of nitrogens with one attached hydrogen (secondary N) is 2. The smallest absolute Gasteiger partial charge is 0.222 e. The molecular formula is C16H23FN2O. The lowest BCUT2D eigenvalue weighted by atomic mass is 9.91. The number of benzene rings is 1. The van der Waals surface area contributed by atoms with Crippen LogP contribution < -0.4 is 10.6 Å². The van der Waals surface area contributed by atoms with Gasteiger partial charge in [0.25, 0.3) is 0 Å². The van der Waals surface area contributed by atoms with Crippen LogP contribution in [0.5, 0.6) is 0 Å². The number of hydrogen-bond donors (Lipinski definition) is 2. The Morgan fingerprint density at radius 3 is 2.85 bits per heavy atom. The van der Waals surface area contributed by atoms with Crippen molar-refractivity contribution in [3.8, 4) is 0 Å². The number of piperidine rings is 1. The summed E-state index contributed by atoms with van der Waals surface area (Å²) in [6, 6.07) is 5.28. The van der Waals surface area contributed by atoms with Gasteiger partial charge in [-0.25, -0.2) is 4.39 Å². The number of amides is 1. The third-order valence-corrected chi connectivity index (χ3v) is 3.88. The van der Waals surface area contributed by atoms with Crippen molar-refractivity contribution >= 4 is 5.91 Å². The zero-order valence-corrected chi connectivity index (χ0v) is 12.4. The van der Waals surface area contributed by atoms with Crippen molar-refractivity contribution in [2.75, 3.05) is 6.54 Å². The first-order chi connectivity index (χ1) is 9.47. The van der Waals surface area contributed by atoms with Crippen molar-refractivity contribution in [2.45, 2.75) is 45.7 Å². The van der Waals surface area contributed by atoms with E-state index in [1.165, 1.54) is 6.07 Å². The maximum atomic E-state index is 13.2. The van der Waals surface area contributed by atoms with Crippen LogP contribution in [0.25, 0.3) is 0 Å². The van der Waals surface area contributed by atoms with Gasteiger partial charge in [-0.05, 0) is 49.6 Å². The Balaban J connectivity index is 2.05. The fourth-order valence-corrected chi connectivity index (χ4v) is 2.68. The summed E-state index contributed by atoms with van der Waals surface area (Å²) in [5.74, 6) is -0.0888. The summed E-state index contributed by atoms with van der Waals surface area (Å²) >= 11 is 0. The van der Waals surface area contributed by atoms with E-state index < -0.39 is 0 Å². The number of halogens is 1. The highest BCUT2D eigenvalue weighted by Gasteiger charge is 2.25. The highest BCUT2D eigenvalue weighted by atomic mass is 19.1. The standard InChI is InChI=1S/C16H23FN2O/c1-10(2)16(20)19-13-6-7-18-15(9-13)14-5-4-12(17)8-11(14)3/h4-5,8,10,13,15,18H,6-7,9H2,1-3H3,(H,19,20). The van der Waals surface area contributed by atoms with E-state index in [-0.39, 0.29) is 29.7 Å². The Morgan fingerprint density at radius 2 is 2.20 bits per heavy atom. The highest BCUT2D eigenvalue weighted by Crippen LogP contribution is 2.26. The van der Waals surface area contributed by atoms with Crippen LogP contribution in [-0.4, -0.2) is 18.5 Å². The Bertz CT molecular complexity index is 487. The molecule has 1 aromatic rings. The van der Waals surface area contributed by atoms with Gasteiger partial charge < -0.3 is 10.6 Å². The Kier molecular flexibility index (Phi) is 4.76. The second-order valence-corrected chi connectivity index (χ2v) is 5.89. The molecule has 0 bridgehead atoms. The molecule has 2 rings (SSSR count). The molecule has 20 heavy (non-hydrogen) atoms. The molecule has 1 aromatic carbocycles. The first kappa shape index (κ1) is 15.0. The van der Waals surface area contributed by atoms with Crippen LogP contribution in [0.2, 0.25) is 0 Å². The topological polar surface area (TPSA) is 41.1 Å². The second kappa shape index (κ2) is 6.35. The number of aryl methyl sites for hydroxylation is 1. The van der Waals surface area contributed by atoms with Crippen LogP contribution in [-0.2, 0) is 4.79 Å². The molecule has 0 spiro atoms.